The van der Waals surface area contributed by atoms with Crippen LogP contribution in [0.4, 0.5) is 20.4 Å². The normalized spacial score (nSPS) is 22.7. The molecule has 1 saturated carbocycles. The summed E-state index contributed by atoms with van der Waals surface area (Å²) in [5, 5.41) is 3.03. The second-order valence-corrected chi connectivity index (χ2v) is 10.0. The fourth-order valence-corrected chi connectivity index (χ4v) is 5.23. The Morgan fingerprint density at radius 3 is 2.65 bits per heavy atom. The molecule has 2 aliphatic rings. The van der Waals surface area contributed by atoms with Crippen LogP contribution in [0.1, 0.15) is 57.3 Å². The Kier molecular flexibility index (Phi) is 6.48. The van der Waals surface area contributed by atoms with E-state index < -0.39 is 11.6 Å². The predicted octanol–water partition coefficient (Wildman–Crippen LogP) is 4.90. The first-order chi connectivity index (χ1) is 16.5. The summed E-state index contributed by atoms with van der Waals surface area (Å²) in [6.45, 7) is 4.46. The first-order valence-electron chi connectivity index (χ1n) is 12.2. The summed E-state index contributed by atoms with van der Waals surface area (Å²) in [4.78, 5) is 14.2. The smallest absolute Gasteiger partial charge is 0.210 e. The van der Waals surface area contributed by atoms with E-state index in [1.807, 2.05) is 0 Å². The Labute approximate surface area is 198 Å². The number of imidazole rings is 1. The molecule has 1 saturated heterocycles. The van der Waals surface area contributed by atoms with Crippen LogP contribution in [0.25, 0.3) is 11.2 Å². The van der Waals surface area contributed by atoms with E-state index in [9.17, 15) is 8.78 Å². The molecule has 0 spiro atoms. The summed E-state index contributed by atoms with van der Waals surface area (Å²) < 4.78 is 35.9. The number of fused-ring (bicyclic) bond motifs is 1. The third-order valence-electron chi connectivity index (χ3n) is 7.48. The van der Waals surface area contributed by atoms with E-state index in [0.29, 0.717) is 23.9 Å². The summed E-state index contributed by atoms with van der Waals surface area (Å²) >= 11 is 0. The Morgan fingerprint density at radius 1 is 1.15 bits per heavy atom. The number of benzene rings is 1. The molecule has 0 amide bonds. The average Bonchev–Trinajstić information content (AvgIpc) is 3.19. The van der Waals surface area contributed by atoms with Crippen LogP contribution in [-0.4, -0.2) is 39.3 Å². The summed E-state index contributed by atoms with van der Waals surface area (Å²) in [5.74, 6) is -0.0755. The van der Waals surface area contributed by atoms with Crippen molar-refractivity contribution in [3.8, 4) is 0 Å². The van der Waals surface area contributed by atoms with Crippen LogP contribution in [0, 0.1) is 23.0 Å². The Hall–Kier alpha value is -2.65. The van der Waals surface area contributed by atoms with Crippen molar-refractivity contribution in [3.63, 3.8) is 0 Å². The van der Waals surface area contributed by atoms with Crippen LogP contribution in [0.2, 0.25) is 0 Å². The number of nitrogens with two attached hydrogens (primary N) is 1. The minimum absolute atomic E-state index is 0.0510. The van der Waals surface area contributed by atoms with E-state index in [4.69, 9.17) is 20.4 Å². The Bertz CT molecular complexity index is 1150. The number of nitrogens with one attached hydrogen (secondary N) is 1. The molecule has 9 heteroatoms. The molecule has 182 valence electrons. The standard InChI is InChI=1S/C25H32F2N6O/c1-25(9-11-34-12-10-25)13-21-29-15-20-23(32-21)33(17-7-5-16(14-28)6-8-17)24(31-20)30-19-4-2-3-18(26)22(19)27/h2-4,15-17H,5-14,28H2,1H3,(H,30,31). The molecule has 3 heterocycles. The van der Waals surface area contributed by atoms with Gasteiger partial charge in [0.15, 0.2) is 17.3 Å². The Balaban J connectivity index is 1.53. The largest absolute Gasteiger partial charge is 0.381 e. The highest BCUT2D eigenvalue weighted by atomic mass is 19.2. The van der Waals surface area contributed by atoms with Gasteiger partial charge in [-0.1, -0.05) is 13.0 Å². The van der Waals surface area contributed by atoms with Gasteiger partial charge in [0.25, 0.3) is 0 Å². The highest BCUT2D eigenvalue weighted by molar-refractivity contribution is 5.75. The number of nitrogens with zero attached hydrogens (tertiary/aromatic N) is 4. The van der Waals surface area contributed by atoms with Crippen LogP contribution in [0.15, 0.2) is 24.4 Å². The molecule has 0 atom stereocenters. The number of hydrogen-bond donors (Lipinski definition) is 2. The molecule has 1 aliphatic carbocycles. The molecule has 3 N–H and O–H groups in total. The fourth-order valence-electron chi connectivity index (χ4n) is 5.23. The van der Waals surface area contributed by atoms with E-state index in [2.05, 4.69) is 21.8 Å². The summed E-state index contributed by atoms with van der Waals surface area (Å²) in [6, 6.07) is 4.24. The molecule has 0 bridgehead atoms. The molecule has 3 aromatic rings. The highest BCUT2D eigenvalue weighted by Gasteiger charge is 2.30. The lowest BCUT2D eigenvalue weighted by Gasteiger charge is -2.33. The zero-order valence-electron chi connectivity index (χ0n) is 19.6. The van der Waals surface area contributed by atoms with Crippen molar-refractivity contribution in [2.75, 3.05) is 25.1 Å². The maximum absolute atomic E-state index is 14.5. The lowest BCUT2D eigenvalue weighted by atomic mass is 9.79. The van der Waals surface area contributed by atoms with E-state index in [-0.39, 0.29) is 17.1 Å². The quantitative estimate of drug-likeness (QED) is 0.533. The number of rotatable bonds is 6. The highest BCUT2D eigenvalue weighted by Crippen LogP contribution is 2.38. The lowest BCUT2D eigenvalue weighted by molar-refractivity contribution is 0.0232. The molecule has 2 aromatic heterocycles. The minimum Gasteiger partial charge on any atom is -0.381 e. The molecule has 0 unspecified atom stereocenters. The summed E-state index contributed by atoms with van der Waals surface area (Å²) in [5.41, 5.74) is 7.43. The van der Waals surface area contributed by atoms with Crippen molar-refractivity contribution in [1.29, 1.82) is 0 Å². The third kappa shape index (κ3) is 4.63. The Morgan fingerprint density at radius 2 is 1.91 bits per heavy atom. The van der Waals surface area contributed by atoms with E-state index in [1.165, 1.54) is 12.1 Å². The van der Waals surface area contributed by atoms with Crippen LogP contribution < -0.4 is 11.1 Å². The zero-order chi connectivity index (χ0) is 23.7. The second-order valence-electron chi connectivity index (χ2n) is 10.0. The third-order valence-corrected chi connectivity index (χ3v) is 7.48. The van der Waals surface area contributed by atoms with E-state index >= 15 is 0 Å². The molecular formula is C25H32F2N6O. The molecule has 7 nitrogen and oxygen atoms in total. The van der Waals surface area contributed by atoms with Crippen molar-refractivity contribution in [1.82, 2.24) is 19.5 Å². The molecule has 1 aromatic carbocycles. The molecule has 5 rings (SSSR count). The maximum atomic E-state index is 14.5. The number of halogens is 2. The van der Waals surface area contributed by atoms with Crippen LogP contribution in [-0.2, 0) is 11.2 Å². The summed E-state index contributed by atoms with van der Waals surface area (Å²) in [7, 11) is 0. The fraction of sp³-hybridized carbons (Fsp3) is 0.560. The van der Waals surface area contributed by atoms with Gasteiger partial charge in [-0.3, -0.25) is 4.57 Å². The van der Waals surface area contributed by atoms with Crippen molar-refractivity contribution >= 4 is 22.8 Å². The molecular weight excluding hydrogens is 438 g/mol. The van der Waals surface area contributed by atoms with E-state index in [1.54, 1.807) is 6.20 Å². The van der Waals surface area contributed by atoms with Gasteiger partial charge in [-0.2, -0.15) is 0 Å². The van der Waals surface area contributed by atoms with Gasteiger partial charge < -0.3 is 15.8 Å². The van der Waals surface area contributed by atoms with Crippen molar-refractivity contribution in [2.24, 2.45) is 17.1 Å². The average molecular weight is 471 g/mol. The van der Waals surface area contributed by atoms with Gasteiger partial charge in [0.05, 0.1) is 11.9 Å². The zero-order valence-corrected chi connectivity index (χ0v) is 19.6. The van der Waals surface area contributed by atoms with Gasteiger partial charge in [0.1, 0.15) is 11.3 Å². The summed E-state index contributed by atoms with van der Waals surface area (Å²) in [6.07, 6.45) is 8.36. The SMILES string of the molecule is CC1(Cc2ncc3nc(Nc4cccc(F)c4F)n(C4CCC(CN)CC4)c3n2)CCOCC1. The first-order valence-corrected chi connectivity index (χ1v) is 12.2. The second kappa shape index (κ2) is 9.54. The molecule has 34 heavy (non-hydrogen) atoms. The monoisotopic (exact) mass is 470 g/mol. The molecule has 2 fully saturated rings. The van der Waals surface area contributed by atoms with Gasteiger partial charge in [0.2, 0.25) is 5.95 Å². The number of anilines is 2. The topological polar surface area (TPSA) is 90.9 Å². The van der Waals surface area contributed by atoms with Gasteiger partial charge in [-0.25, -0.2) is 23.7 Å². The van der Waals surface area contributed by atoms with Crippen molar-refractivity contribution in [3.05, 3.63) is 41.9 Å². The van der Waals surface area contributed by atoms with Gasteiger partial charge in [-0.15, -0.1) is 0 Å². The van der Waals surface area contributed by atoms with Crippen molar-refractivity contribution < 1.29 is 13.5 Å². The van der Waals surface area contributed by atoms with Crippen LogP contribution in [0.5, 0.6) is 0 Å². The van der Waals surface area contributed by atoms with Crippen LogP contribution >= 0.6 is 0 Å². The number of hydrogen-bond acceptors (Lipinski definition) is 6. The lowest BCUT2D eigenvalue weighted by Crippen LogP contribution is -2.29. The predicted molar refractivity (Wildman–Crippen MR) is 127 cm³/mol. The van der Waals surface area contributed by atoms with Crippen LogP contribution in [0.3, 0.4) is 0 Å². The minimum atomic E-state index is -0.924. The van der Waals surface area contributed by atoms with Gasteiger partial charge in [0, 0.05) is 25.7 Å². The van der Waals surface area contributed by atoms with E-state index in [0.717, 1.165) is 75.7 Å². The number of ether oxygens (including phenoxy) is 1. The van der Waals surface area contributed by atoms with Gasteiger partial charge >= 0.3 is 0 Å². The molecule has 0 radical (unpaired) electrons. The van der Waals surface area contributed by atoms with Gasteiger partial charge in [-0.05, 0) is 68.5 Å². The maximum Gasteiger partial charge on any atom is 0.210 e. The first kappa shape index (κ1) is 23.1. The van der Waals surface area contributed by atoms with Crippen molar-refractivity contribution in [2.45, 2.75) is 57.9 Å². The number of aromatic nitrogens is 4. The molecule has 1 aliphatic heterocycles.